The first kappa shape index (κ1) is 17.5. The SMILES string of the molecule is Cc1ccc(CN2CC[C@@](O)(CNC(=O)c3cnco3)[C@H](O)C2)cn1. The zero-order valence-electron chi connectivity index (χ0n) is 14.1. The van der Waals surface area contributed by atoms with Crippen molar-refractivity contribution in [2.24, 2.45) is 0 Å². The van der Waals surface area contributed by atoms with E-state index in [-0.39, 0.29) is 12.3 Å². The van der Waals surface area contributed by atoms with Crippen LogP contribution in [0.3, 0.4) is 0 Å². The summed E-state index contributed by atoms with van der Waals surface area (Å²) in [5.41, 5.74) is 0.652. The van der Waals surface area contributed by atoms with E-state index in [0.29, 0.717) is 26.1 Å². The van der Waals surface area contributed by atoms with E-state index in [4.69, 9.17) is 4.42 Å². The Morgan fingerprint density at radius 1 is 1.48 bits per heavy atom. The summed E-state index contributed by atoms with van der Waals surface area (Å²) < 4.78 is 4.91. The van der Waals surface area contributed by atoms with Crippen molar-refractivity contribution in [3.63, 3.8) is 0 Å². The quantitative estimate of drug-likeness (QED) is 0.704. The molecule has 1 fully saturated rings. The number of β-amino-alcohol motifs (C(OH)–C–C–N with tert-alkyl or cyclic N) is 1. The first-order valence-electron chi connectivity index (χ1n) is 8.17. The Bertz CT molecular complexity index is 704. The minimum Gasteiger partial charge on any atom is -0.438 e. The Kier molecular flexibility index (Phi) is 5.12. The summed E-state index contributed by atoms with van der Waals surface area (Å²) >= 11 is 0. The van der Waals surface area contributed by atoms with Crippen molar-refractivity contribution in [1.82, 2.24) is 20.2 Å². The molecule has 2 aromatic heterocycles. The molecular formula is C17H22N4O4. The van der Waals surface area contributed by atoms with Gasteiger partial charge in [-0.05, 0) is 25.0 Å². The van der Waals surface area contributed by atoms with Gasteiger partial charge in [0.05, 0.1) is 12.3 Å². The number of aliphatic hydroxyl groups is 2. The van der Waals surface area contributed by atoms with E-state index in [0.717, 1.165) is 17.7 Å². The summed E-state index contributed by atoms with van der Waals surface area (Å²) in [5.74, 6) is -0.395. The van der Waals surface area contributed by atoms with Gasteiger partial charge < -0.3 is 19.9 Å². The summed E-state index contributed by atoms with van der Waals surface area (Å²) in [6.07, 6.45) is 3.67. The zero-order valence-corrected chi connectivity index (χ0v) is 14.1. The second-order valence-electron chi connectivity index (χ2n) is 6.46. The number of aryl methyl sites for hydroxylation is 1. The molecule has 2 atom stereocenters. The molecular weight excluding hydrogens is 324 g/mol. The number of carbonyl (C=O) groups excluding carboxylic acids is 1. The van der Waals surface area contributed by atoms with E-state index in [1.165, 1.54) is 6.20 Å². The number of nitrogens with zero attached hydrogens (tertiary/aromatic N) is 3. The molecule has 134 valence electrons. The van der Waals surface area contributed by atoms with E-state index in [1.807, 2.05) is 25.3 Å². The van der Waals surface area contributed by atoms with Crippen molar-refractivity contribution in [2.45, 2.75) is 31.6 Å². The Labute approximate surface area is 145 Å². The van der Waals surface area contributed by atoms with Gasteiger partial charge in [-0.1, -0.05) is 6.07 Å². The van der Waals surface area contributed by atoms with E-state index in [9.17, 15) is 15.0 Å². The van der Waals surface area contributed by atoms with Crippen LogP contribution in [0.5, 0.6) is 0 Å². The lowest BCUT2D eigenvalue weighted by Gasteiger charge is -2.42. The Morgan fingerprint density at radius 3 is 2.96 bits per heavy atom. The van der Waals surface area contributed by atoms with Gasteiger partial charge in [-0.15, -0.1) is 0 Å². The second kappa shape index (κ2) is 7.30. The van der Waals surface area contributed by atoms with Crippen molar-refractivity contribution in [2.75, 3.05) is 19.6 Å². The molecule has 1 amide bonds. The topological polar surface area (TPSA) is 112 Å². The minimum atomic E-state index is -1.36. The monoisotopic (exact) mass is 346 g/mol. The van der Waals surface area contributed by atoms with Gasteiger partial charge in [-0.3, -0.25) is 14.7 Å². The number of pyridine rings is 1. The van der Waals surface area contributed by atoms with Crippen LogP contribution in [0.25, 0.3) is 0 Å². The highest BCUT2D eigenvalue weighted by atomic mass is 16.4. The highest BCUT2D eigenvalue weighted by molar-refractivity contribution is 5.91. The number of carbonyl (C=O) groups is 1. The van der Waals surface area contributed by atoms with Crippen molar-refractivity contribution in [3.05, 3.63) is 47.9 Å². The van der Waals surface area contributed by atoms with Crippen molar-refractivity contribution in [1.29, 1.82) is 0 Å². The fourth-order valence-electron chi connectivity index (χ4n) is 2.87. The maximum absolute atomic E-state index is 11.9. The van der Waals surface area contributed by atoms with Crippen molar-refractivity contribution < 1.29 is 19.4 Å². The predicted molar refractivity (Wildman–Crippen MR) is 88.7 cm³/mol. The van der Waals surface area contributed by atoms with Gasteiger partial charge in [0.25, 0.3) is 5.91 Å². The summed E-state index contributed by atoms with van der Waals surface area (Å²) in [4.78, 5) is 21.9. The van der Waals surface area contributed by atoms with E-state index in [2.05, 4.69) is 20.2 Å². The summed E-state index contributed by atoms with van der Waals surface area (Å²) in [5, 5.41) is 23.6. The molecule has 0 spiro atoms. The smallest absolute Gasteiger partial charge is 0.288 e. The van der Waals surface area contributed by atoms with Crippen LogP contribution in [-0.4, -0.2) is 62.3 Å². The van der Waals surface area contributed by atoms with Gasteiger partial charge in [0.1, 0.15) is 5.60 Å². The summed E-state index contributed by atoms with van der Waals surface area (Å²) in [6.45, 7) is 3.47. The molecule has 1 aliphatic heterocycles. The van der Waals surface area contributed by atoms with Crippen LogP contribution in [0.4, 0.5) is 0 Å². The van der Waals surface area contributed by atoms with Gasteiger partial charge in [-0.2, -0.15) is 0 Å². The second-order valence-corrected chi connectivity index (χ2v) is 6.46. The number of hydrogen-bond donors (Lipinski definition) is 3. The Hall–Kier alpha value is -2.29. The molecule has 3 heterocycles. The number of rotatable bonds is 5. The molecule has 8 nitrogen and oxygen atoms in total. The maximum atomic E-state index is 11.9. The first-order valence-corrected chi connectivity index (χ1v) is 8.17. The lowest BCUT2D eigenvalue weighted by atomic mass is 9.88. The van der Waals surface area contributed by atoms with Crippen LogP contribution >= 0.6 is 0 Å². The van der Waals surface area contributed by atoms with E-state index in [1.54, 1.807) is 0 Å². The van der Waals surface area contributed by atoms with Crippen LogP contribution < -0.4 is 5.32 Å². The van der Waals surface area contributed by atoms with Gasteiger partial charge in [0.2, 0.25) is 5.76 Å². The molecule has 2 aromatic rings. The van der Waals surface area contributed by atoms with Gasteiger partial charge >= 0.3 is 0 Å². The predicted octanol–water partition coefficient (Wildman–Crippen LogP) is 0.106. The molecule has 0 unspecified atom stereocenters. The first-order chi connectivity index (χ1) is 12.0. The third-order valence-corrected chi connectivity index (χ3v) is 4.50. The number of nitrogens with one attached hydrogen (secondary N) is 1. The molecule has 8 heteroatoms. The molecule has 0 aliphatic carbocycles. The molecule has 3 rings (SSSR count). The maximum Gasteiger partial charge on any atom is 0.288 e. The molecule has 0 saturated carbocycles. The fourth-order valence-corrected chi connectivity index (χ4v) is 2.87. The van der Waals surface area contributed by atoms with E-state index >= 15 is 0 Å². The van der Waals surface area contributed by atoms with Crippen LogP contribution in [0, 0.1) is 6.92 Å². The van der Waals surface area contributed by atoms with Gasteiger partial charge in [-0.25, -0.2) is 4.98 Å². The number of hydrogen-bond acceptors (Lipinski definition) is 7. The lowest BCUT2D eigenvalue weighted by Crippen LogP contribution is -2.60. The van der Waals surface area contributed by atoms with Crippen molar-refractivity contribution in [3.8, 4) is 0 Å². The highest BCUT2D eigenvalue weighted by Crippen LogP contribution is 2.23. The summed E-state index contributed by atoms with van der Waals surface area (Å²) in [7, 11) is 0. The molecule has 1 saturated heterocycles. The van der Waals surface area contributed by atoms with Gasteiger partial charge in [0.15, 0.2) is 6.39 Å². The molecule has 1 aliphatic rings. The van der Waals surface area contributed by atoms with Crippen LogP contribution in [0.15, 0.2) is 35.3 Å². The largest absolute Gasteiger partial charge is 0.438 e. The highest BCUT2D eigenvalue weighted by Gasteiger charge is 2.40. The molecule has 0 radical (unpaired) electrons. The Balaban J connectivity index is 1.53. The standard InChI is InChI=1S/C17H22N4O4/c1-12-2-3-13(6-19-12)8-21-5-4-17(24,15(22)9-21)10-20-16(23)14-7-18-11-25-14/h2-3,6-7,11,15,22,24H,4-5,8-10H2,1H3,(H,20,23)/t15-,17-/m1/s1. The van der Waals surface area contributed by atoms with Crippen molar-refractivity contribution >= 4 is 5.91 Å². The lowest BCUT2D eigenvalue weighted by molar-refractivity contribution is -0.116. The number of aromatic nitrogens is 2. The Morgan fingerprint density at radius 2 is 2.32 bits per heavy atom. The minimum absolute atomic E-state index is 0.0480. The number of oxazole rings is 1. The number of aliphatic hydroxyl groups excluding tert-OH is 1. The molecule has 0 aromatic carbocycles. The molecule has 3 N–H and O–H groups in total. The van der Waals surface area contributed by atoms with Crippen LogP contribution in [0.1, 0.15) is 28.2 Å². The zero-order chi connectivity index (χ0) is 17.9. The number of amides is 1. The molecule has 25 heavy (non-hydrogen) atoms. The fraction of sp³-hybridized carbons (Fsp3) is 0.471. The normalized spacial score (nSPS) is 24.2. The molecule has 0 bridgehead atoms. The van der Waals surface area contributed by atoms with Crippen LogP contribution in [-0.2, 0) is 6.54 Å². The number of piperidine rings is 1. The van der Waals surface area contributed by atoms with Gasteiger partial charge in [0, 0.05) is 38.1 Å². The van der Waals surface area contributed by atoms with Crippen LogP contribution in [0.2, 0.25) is 0 Å². The van der Waals surface area contributed by atoms with E-state index < -0.39 is 17.6 Å². The summed E-state index contributed by atoms with van der Waals surface area (Å²) in [6, 6.07) is 3.96. The number of likely N-dealkylation sites (tertiary alicyclic amines) is 1. The third-order valence-electron chi connectivity index (χ3n) is 4.50. The average Bonchev–Trinajstić information content (AvgIpc) is 3.13. The average molecular weight is 346 g/mol. The third kappa shape index (κ3) is 4.22.